The number of rotatable bonds is 3. The fraction of sp³-hybridized carbons (Fsp3) is 0.435. The normalized spacial score (nSPS) is 23.5. The van der Waals surface area contributed by atoms with E-state index in [1.54, 1.807) is 10.7 Å². The van der Waals surface area contributed by atoms with E-state index in [1.807, 2.05) is 32.2 Å². The Labute approximate surface area is 174 Å². The van der Waals surface area contributed by atoms with Crippen LogP contribution in [0, 0.1) is 18.7 Å². The molecule has 0 unspecified atom stereocenters. The van der Waals surface area contributed by atoms with Gasteiger partial charge in [0, 0.05) is 23.4 Å². The number of carbonyl (C=O) groups excluding carboxylic acids is 1. The average molecular weight is 407 g/mol. The third-order valence-electron chi connectivity index (χ3n) is 6.55. The molecule has 3 atom stereocenters. The third kappa shape index (κ3) is 2.95. The highest BCUT2D eigenvalue weighted by Gasteiger charge is 2.36. The topological polar surface area (TPSA) is 71.3 Å². The number of hydrogen-bond acceptors (Lipinski definition) is 4. The maximum absolute atomic E-state index is 15.5. The van der Waals surface area contributed by atoms with Crippen LogP contribution in [0.25, 0.3) is 16.8 Å². The predicted octanol–water partition coefficient (Wildman–Crippen LogP) is 4.64. The van der Waals surface area contributed by atoms with Gasteiger partial charge in [0.2, 0.25) is 0 Å². The zero-order valence-electron chi connectivity index (χ0n) is 17.5. The minimum Gasteiger partial charge on any atom is -0.365 e. The SMILES string of the molecule is Cc1ccn2ncc(-c3nc(N[C@@H]4CCCC[C@@H]4C)c(F)c4c3C(=O)N[C@@H]4C)c2c1. The minimum atomic E-state index is -0.426. The molecule has 0 radical (unpaired) electrons. The Morgan fingerprint density at radius 3 is 2.87 bits per heavy atom. The molecule has 1 fully saturated rings. The molecule has 0 aromatic carbocycles. The Morgan fingerprint density at radius 2 is 2.07 bits per heavy atom. The lowest BCUT2D eigenvalue weighted by atomic mass is 9.86. The number of anilines is 1. The molecule has 1 amide bonds. The van der Waals surface area contributed by atoms with Crippen molar-refractivity contribution in [2.45, 2.75) is 58.5 Å². The van der Waals surface area contributed by atoms with Crippen LogP contribution in [0.4, 0.5) is 10.2 Å². The number of aryl methyl sites for hydroxylation is 1. The minimum absolute atomic E-state index is 0.179. The van der Waals surface area contributed by atoms with Gasteiger partial charge in [0.15, 0.2) is 11.6 Å². The van der Waals surface area contributed by atoms with Crippen LogP contribution in [0.15, 0.2) is 24.5 Å². The number of fused-ring (bicyclic) bond motifs is 2. The summed E-state index contributed by atoms with van der Waals surface area (Å²) in [4.78, 5) is 17.4. The molecular weight excluding hydrogens is 381 g/mol. The van der Waals surface area contributed by atoms with Crippen molar-refractivity contribution in [3.05, 3.63) is 47.0 Å². The molecule has 3 aromatic heterocycles. The Kier molecular flexibility index (Phi) is 4.49. The van der Waals surface area contributed by atoms with Crippen molar-refractivity contribution in [2.24, 2.45) is 5.92 Å². The van der Waals surface area contributed by atoms with Crippen molar-refractivity contribution < 1.29 is 9.18 Å². The molecule has 1 aliphatic carbocycles. The highest BCUT2D eigenvalue weighted by molar-refractivity contribution is 6.06. The van der Waals surface area contributed by atoms with Crippen molar-refractivity contribution in [2.75, 3.05) is 5.32 Å². The Bertz CT molecular complexity index is 1150. The number of halogens is 1. The first kappa shape index (κ1) is 19.0. The Balaban J connectivity index is 1.70. The molecule has 2 N–H and O–H groups in total. The molecule has 5 rings (SSSR count). The largest absolute Gasteiger partial charge is 0.365 e. The lowest BCUT2D eigenvalue weighted by Crippen LogP contribution is -2.31. The highest BCUT2D eigenvalue weighted by atomic mass is 19.1. The number of carbonyl (C=O) groups is 1. The van der Waals surface area contributed by atoms with Crippen molar-refractivity contribution in [1.29, 1.82) is 0 Å². The van der Waals surface area contributed by atoms with Crippen LogP contribution in [0.2, 0.25) is 0 Å². The molecular formula is C23H26FN5O. The number of pyridine rings is 2. The molecule has 0 saturated heterocycles. The van der Waals surface area contributed by atoms with Gasteiger partial charge in [-0.3, -0.25) is 4.79 Å². The van der Waals surface area contributed by atoms with Crippen LogP contribution >= 0.6 is 0 Å². The first-order valence-electron chi connectivity index (χ1n) is 10.7. The van der Waals surface area contributed by atoms with Gasteiger partial charge in [-0.1, -0.05) is 19.8 Å². The number of aromatic nitrogens is 3. The van der Waals surface area contributed by atoms with Crippen LogP contribution in [0.3, 0.4) is 0 Å². The van der Waals surface area contributed by atoms with Crippen LogP contribution in [0.5, 0.6) is 0 Å². The Morgan fingerprint density at radius 1 is 1.27 bits per heavy atom. The molecule has 156 valence electrons. The molecule has 6 nitrogen and oxygen atoms in total. The van der Waals surface area contributed by atoms with Crippen LogP contribution in [-0.4, -0.2) is 26.5 Å². The zero-order chi connectivity index (χ0) is 21.0. The average Bonchev–Trinajstić information content (AvgIpc) is 3.26. The molecule has 4 heterocycles. The summed E-state index contributed by atoms with van der Waals surface area (Å²) in [5.74, 6) is -0.0279. The summed E-state index contributed by atoms with van der Waals surface area (Å²) in [6, 6.07) is 3.76. The molecule has 2 aliphatic rings. The van der Waals surface area contributed by atoms with E-state index in [0.29, 0.717) is 22.7 Å². The summed E-state index contributed by atoms with van der Waals surface area (Å²) in [6.07, 6.45) is 8.05. The van der Waals surface area contributed by atoms with Gasteiger partial charge in [0.25, 0.3) is 5.91 Å². The molecule has 30 heavy (non-hydrogen) atoms. The lowest BCUT2D eigenvalue weighted by molar-refractivity contribution is 0.0959. The molecule has 3 aromatic rings. The summed E-state index contributed by atoms with van der Waals surface area (Å²) in [6.45, 7) is 6.01. The van der Waals surface area contributed by atoms with E-state index in [-0.39, 0.29) is 17.8 Å². The van der Waals surface area contributed by atoms with E-state index in [9.17, 15) is 4.79 Å². The van der Waals surface area contributed by atoms with Gasteiger partial charge in [-0.2, -0.15) is 5.10 Å². The summed E-state index contributed by atoms with van der Waals surface area (Å²) >= 11 is 0. The lowest BCUT2D eigenvalue weighted by Gasteiger charge is -2.30. The smallest absolute Gasteiger partial charge is 0.254 e. The fourth-order valence-corrected chi connectivity index (χ4v) is 4.82. The molecule has 0 spiro atoms. The first-order valence-corrected chi connectivity index (χ1v) is 10.7. The number of nitrogens with zero attached hydrogens (tertiary/aromatic N) is 3. The molecule has 7 heteroatoms. The van der Waals surface area contributed by atoms with Crippen LogP contribution in [-0.2, 0) is 0 Å². The second kappa shape index (κ2) is 7.07. The van der Waals surface area contributed by atoms with E-state index < -0.39 is 11.9 Å². The van der Waals surface area contributed by atoms with Gasteiger partial charge < -0.3 is 10.6 Å². The van der Waals surface area contributed by atoms with Gasteiger partial charge >= 0.3 is 0 Å². The van der Waals surface area contributed by atoms with E-state index in [0.717, 1.165) is 35.9 Å². The molecule has 1 saturated carbocycles. The van der Waals surface area contributed by atoms with Crippen LogP contribution < -0.4 is 10.6 Å². The maximum atomic E-state index is 15.5. The van der Waals surface area contributed by atoms with Crippen molar-refractivity contribution in [3.8, 4) is 11.3 Å². The number of nitrogens with one attached hydrogen (secondary N) is 2. The summed E-state index contributed by atoms with van der Waals surface area (Å²) in [5, 5.41) is 10.6. The second-order valence-corrected chi connectivity index (χ2v) is 8.71. The van der Waals surface area contributed by atoms with Gasteiger partial charge in [-0.25, -0.2) is 13.9 Å². The van der Waals surface area contributed by atoms with Crippen LogP contribution in [0.1, 0.15) is 67.1 Å². The monoisotopic (exact) mass is 407 g/mol. The van der Waals surface area contributed by atoms with E-state index in [1.165, 1.54) is 6.42 Å². The predicted molar refractivity (Wildman–Crippen MR) is 114 cm³/mol. The second-order valence-electron chi connectivity index (χ2n) is 8.71. The molecule has 0 bridgehead atoms. The van der Waals surface area contributed by atoms with E-state index in [4.69, 9.17) is 0 Å². The summed E-state index contributed by atoms with van der Waals surface area (Å²) in [7, 11) is 0. The number of amides is 1. The van der Waals surface area contributed by atoms with E-state index in [2.05, 4.69) is 27.6 Å². The third-order valence-corrected chi connectivity index (χ3v) is 6.55. The van der Waals surface area contributed by atoms with Gasteiger partial charge in [-0.15, -0.1) is 0 Å². The van der Waals surface area contributed by atoms with Crippen molar-refractivity contribution in [1.82, 2.24) is 19.9 Å². The standard InChI is InChI=1S/C23H26FN5O/c1-12-8-9-29-17(10-12)15(11-25-29)21-19-18(14(3)26-23(19)30)20(24)22(28-21)27-16-7-5-4-6-13(16)2/h8-11,13-14,16H,4-7H2,1-3H3,(H,26,30)(H,27,28)/t13-,14+,16+/m0/s1. The maximum Gasteiger partial charge on any atom is 0.254 e. The zero-order valence-corrected chi connectivity index (χ0v) is 17.5. The quantitative estimate of drug-likeness (QED) is 0.664. The summed E-state index contributed by atoms with van der Waals surface area (Å²) in [5.41, 5.74) is 3.86. The van der Waals surface area contributed by atoms with Crippen molar-refractivity contribution in [3.63, 3.8) is 0 Å². The summed E-state index contributed by atoms with van der Waals surface area (Å²) < 4.78 is 17.3. The number of hydrogen-bond donors (Lipinski definition) is 2. The molecule has 1 aliphatic heterocycles. The van der Waals surface area contributed by atoms with Gasteiger partial charge in [0.1, 0.15) is 0 Å². The Hall–Kier alpha value is -2.96. The van der Waals surface area contributed by atoms with Crippen molar-refractivity contribution >= 4 is 17.2 Å². The highest BCUT2D eigenvalue weighted by Crippen LogP contribution is 2.39. The van der Waals surface area contributed by atoms with Gasteiger partial charge in [0.05, 0.1) is 29.0 Å². The van der Waals surface area contributed by atoms with E-state index >= 15 is 4.39 Å². The first-order chi connectivity index (χ1) is 14.4. The fourth-order valence-electron chi connectivity index (χ4n) is 4.82. The van der Waals surface area contributed by atoms with Gasteiger partial charge in [-0.05, 0) is 50.3 Å².